The Morgan fingerprint density at radius 3 is 2.35 bits per heavy atom. The molecule has 0 saturated heterocycles. The van der Waals surface area contributed by atoms with Gasteiger partial charge in [0, 0.05) is 5.56 Å². The van der Waals surface area contributed by atoms with E-state index in [4.69, 9.17) is 11.5 Å². The summed E-state index contributed by atoms with van der Waals surface area (Å²) in [5.41, 5.74) is 12.6. The number of nitrogens with two attached hydrogens (primary N) is 2. The smallest absolute Gasteiger partial charge is 0.230 e. The van der Waals surface area contributed by atoms with Crippen molar-refractivity contribution >= 4 is 23.5 Å². The van der Waals surface area contributed by atoms with Gasteiger partial charge in [0.1, 0.15) is 28.5 Å². The first-order valence-electron chi connectivity index (χ1n) is 6.64. The highest BCUT2D eigenvalue weighted by atomic mass is 32.2. The maximum absolute atomic E-state index is 11.3. The fraction of sp³-hybridized carbons (Fsp3) is 0.125. The van der Waals surface area contributed by atoms with Crippen molar-refractivity contribution in [2.75, 3.05) is 5.73 Å². The summed E-state index contributed by atoms with van der Waals surface area (Å²) >= 11 is 1.05. The van der Waals surface area contributed by atoms with Crippen LogP contribution >= 0.6 is 11.8 Å². The van der Waals surface area contributed by atoms with Gasteiger partial charge in [-0.1, -0.05) is 42.1 Å². The minimum Gasteiger partial charge on any atom is -0.383 e. The molecule has 1 aromatic carbocycles. The van der Waals surface area contributed by atoms with Crippen molar-refractivity contribution in [1.29, 1.82) is 10.5 Å². The van der Waals surface area contributed by atoms with Crippen LogP contribution in [0.5, 0.6) is 0 Å². The standard InChI is InChI=1S/C16H13N5OS/c1-9(15(20)22)23-16-12(8-18)13(10-5-3-2-4-6-10)11(7-17)14(19)21-16/h2-6,9H,1H3,(H2,19,21)(H2,20,22). The van der Waals surface area contributed by atoms with Gasteiger partial charge < -0.3 is 11.5 Å². The molecule has 6 nitrogen and oxygen atoms in total. The lowest BCUT2D eigenvalue weighted by molar-refractivity contribution is -0.117. The summed E-state index contributed by atoms with van der Waals surface area (Å²) in [6, 6.07) is 13.1. The minimum atomic E-state index is -0.578. The topological polar surface area (TPSA) is 130 Å². The van der Waals surface area contributed by atoms with Gasteiger partial charge in [-0.05, 0) is 12.5 Å². The zero-order valence-electron chi connectivity index (χ0n) is 12.3. The maximum Gasteiger partial charge on any atom is 0.230 e. The van der Waals surface area contributed by atoms with Gasteiger partial charge in [-0.25, -0.2) is 4.98 Å². The largest absolute Gasteiger partial charge is 0.383 e. The molecule has 0 bridgehead atoms. The molecular weight excluding hydrogens is 310 g/mol. The number of amides is 1. The number of primary amides is 1. The predicted molar refractivity (Wildman–Crippen MR) is 88.0 cm³/mol. The third-order valence-electron chi connectivity index (χ3n) is 3.17. The lowest BCUT2D eigenvalue weighted by atomic mass is 9.97. The summed E-state index contributed by atoms with van der Waals surface area (Å²) in [6.07, 6.45) is 0. The number of nitrogen functional groups attached to an aromatic ring is 1. The molecule has 1 heterocycles. The van der Waals surface area contributed by atoms with Gasteiger partial charge in [-0.3, -0.25) is 4.79 Å². The number of hydrogen-bond acceptors (Lipinski definition) is 6. The van der Waals surface area contributed by atoms with Crippen molar-refractivity contribution in [2.24, 2.45) is 5.73 Å². The Morgan fingerprint density at radius 1 is 1.22 bits per heavy atom. The van der Waals surface area contributed by atoms with E-state index in [1.54, 1.807) is 31.2 Å². The number of pyridine rings is 1. The predicted octanol–water partition coefficient (Wildman–Crippen LogP) is 2.04. The van der Waals surface area contributed by atoms with E-state index < -0.39 is 11.2 Å². The maximum atomic E-state index is 11.3. The molecule has 0 aliphatic heterocycles. The van der Waals surface area contributed by atoms with Gasteiger partial charge in [0.15, 0.2) is 0 Å². The van der Waals surface area contributed by atoms with E-state index in [1.807, 2.05) is 12.1 Å². The van der Waals surface area contributed by atoms with E-state index in [9.17, 15) is 15.3 Å². The molecule has 2 rings (SSSR count). The molecule has 114 valence electrons. The molecule has 0 fully saturated rings. The quantitative estimate of drug-likeness (QED) is 0.828. The highest BCUT2D eigenvalue weighted by Gasteiger charge is 2.22. The number of aromatic nitrogens is 1. The molecule has 1 amide bonds. The average Bonchev–Trinajstić information content (AvgIpc) is 2.55. The number of anilines is 1. The van der Waals surface area contributed by atoms with Gasteiger partial charge in [-0.2, -0.15) is 10.5 Å². The Hall–Kier alpha value is -3.03. The number of nitrogens with zero attached hydrogens (tertiary/aromatic N) is 3. The molecule has 1 unspecified atom stereocenters. The van der Waals surface area contributed by atoms with Crippen molar-refractivity contribution in [2.45, 2.75) is 17.2 Å². The van der Waals surface area contributed by atoms with E-state index in [-0.39, 0.29) is 22.0 Å². The van der Waals surface area contributed by atoms with Crippen molar-refractivity contribution < 1.29 is 4.79 Å². The summed E-state index contributed by atoms with van der Waals surface area (Å²) in [5.74, 6) is -0.505. The average molecular weight is 323 g/mol. The Bertz CT molecular complexity index is 836. The molecule has 2 aromatic rings. The molecule has 1 atom stereocenters. The Balaban J connectivity index is 2.74. The number of benzene rings is 1. The van der Waals surface area contributed by atoms with E-state index in [1.165, 1.54) is 0 Å². The molecule has 0 radical (unpaired) electrons. The number of hydrogen-bond donors (Lipinski definition) is 2. The van der Waals surface area contributed by atoms with Crippen LogP contribution in [0.1, 0.15) is 18.1 Å². The van der Waals surface area contributed by atoms with Crippen molar-refractivity contribution in [3.8, 4) is 23.3 Å². The Morgan fingerprint density at radius 2 is 1.83 bits per heavy atom. The first-order valence-corrected chi connectivity index (χ1v) is 7.52. The number of carbonyl (C=O) groups is 1. The van der Waals surface area contributed by atoms with E-state index in [0.29, 0.717) is 11.1 Å². The van der Waals surface area contributed by atoms with Crippen LogP contribution in [-0.2, 0) is 4.79 Å². The Labute approximate surface area is 137 Å². The van der Waals surface area contributed by atoms with Gasteiger partial charge >= 0.3 is 0 Å². The van der Waals surface area contributed by atoms with Crippen LogP contribution in [0.2, 0.25) is 0 Å². The second kappa shape index (κ2) is 6.82. The van der Waals surface area contributed by atoms with E-state index in [2.05, 4.69) is 11.1 Å². The lowest BCUT2D eigenvalue weighted by Crippen LogP contribution is -2.23. The van der Waals surface area contributed by atoms with E-state index in [0.717, 1.165) is 11.8 Å². The van der Waals surface area contributed by atoms with Crippen LogP contribution in [-0.4, -0.2) is 16.1 Å². The van der Waals surface area contributed by atoms with Crippen molar-refractivity contribution in [1.82, 2.24) is 4.98 Å². The number of rotatable bonds is 4. The van der Waals surface area contributed by atoms with Crippen LogP contribution in [0.3, 0.4) is 0 Å². The Kier molecular flexibility index (Phi) is 4.85. The van der Waals surface area contributed by atoms with Gasteiger partial charge in [-0.15, -0.1) is 0 Å². The first-order chi connectivity index (χ1) is 11.0. The molecule has 4 N–H and O–H groups in total. The van der Waals surface area contributed by atoms with Crippen LogP contribution in [0, 0.1) is 22.7 Å². The molecule has 0 spiro atoms. The van der Waals surface area contributed by atoms with Crippen LogP contribution in [0.25, 0.3) is 11.1 Å². The first kappa shape index (κ1) is 16.3. The zero-order valence-corrected chi connectivity index (χ0v) is 13.1. The monoisotopic (exact) mass is 323 g/mol. The summed E-state index contributed by atoms with van der Waals surface area (Å²) in [6.45, 7) is 1.62. The normalized spacial score (nSPS) is 11.3. The fourth-order valence-corrected chi connectivity index (χ4v) is 2.87. The zero-order chi connectivity index (χ0) is 17.0. The summed E-state index contributed by atoms with van der Waals surface area (Å²) in [7, 11) is 0. The third-order valence-corrected chi connectivity index (χ3v) is 4.27. The van der Waals surface area contributed by atoms with Crippen LogP contribution in [0.15, 0.2) is 35.4 Å². The van der Waals surface area contributed by atoms with Gasteiger partial charge in [0.2, 0.25) is 5.91 Å². The third kappa shape index (κ3) is 3.25. The molecule has 23 heavy (non-hydrogen) atoms. The SMILES string of the molecule is CC(Sc1nc(N)c(C#N)c(-c2ccccc2)c1C#N)C(N)=O. The fourth-order valence-electron chi connectivity index (χ4n) is 2.00. The highest BCUT2D eigenvalue weighted by molar-refractivity contribution is 8.00. The summed E-state index contributed by atoms with van der Waals surface area (Å²) < 4.78 is 0. The van der Waals surface area contributed by atoms with Crippen LogP contribution in [0.4, 0.5) is 5.82 Å². The molecular formula is C16H13N5OS. The molecule has 7 heteroatoms. The molecule has 0 saturated carbocycles. The van der Waals surface area contributed by atoms with Crippen molar-refractivity contribution in [3.05, 3.63) is 41.5 Å². The number of thioether (sulfide) groups is 1. The summed E-state index contributed by atoms with van der Waals surface area (Å²) in [5, 5.41) is 18.6. The number of nitriles is 2. The second-order valence-corrected chi connectivity index (χ2v) is 6.01. The molecule has 1 aromatic heterocycles. The second-order valence-electron chi connectivity index (χ2n) is 4.68. The van der Waals surface area contributed by atoms with Gasteiger partial charge in [0.05, 0.1) is 10.8 Å². The van der Waals surface area contributed by atoms with Crippen LogP contribution < -0.4 is 11.5 Å². The molecule has 0 aliphatic carbocycles. The minimum absolute atomic E-state index is 0.0181. The van der Waals surface area contributed by atoms with Crippen molar-refractivity contribution in [3.63, 3.8) is 0 Å². The lowest BCUT2D eigenvalue weighted by Gasteiger charge is -2.14. The van der Waals surface area contributed by atoms with Gasteiger partial charge in [0.25, 0.3) is 0 Å². The summed E-state index contributed by atoms with van der Waals surface area (Å²) in [4.78, 5) is 15.4. The van der Waals surface area contributed by atoms with E-state index >= 15 is 0 Å². The highest BCUT2D eigenvalue weighted by Crippen LogP contribution is 2.36. The molecule has 0 aliphatic rings. The number of carbonyl (C=O) groups excluding carboxylic acids is 1.